The van der Waals surface area contributed by atoms with Crippen molar-refractivity contribution in [1.82, 2.24) is 9.21 Å². The number of hydrogen-bond acceptors (Lipinski definition) is 8. The Labute approximate surface area is 257 Å². The van der Waals surface area contributed by atoms with Crippen LogP contribution in [0.3, 0.4) is 0 Å². The Kier molecular flexibility index (Phi) is 9.92. The molecule has 1 amide bonds. The summed E-state index contributed by atoms with van der Waals surface area (Å²) in [4.78, 5) is 15.3. The van der Waals surface area contributed by atoms with Crippen LogP contribution in [-0.2, 0) is 20.0 Å². The average Bonchev–Trinajstić information content (AvgIpc) is 2.98. The molecule has 1 aliphatic rings. The van der Waals surface area contributed by atoms with Crippen LogP contribution in [0, 0.1) is 5.92 Å². The highest BCUT2D eigenvalue weighted by atomic mass is 35.5. The van der Waals surface area contributed by atoms with Gasteiger partial charge in [-0.05, 0) is 73.7 Å². The topological polar surface area (TPSA) is 143 Å². The van der Waals surface area contributed by atoms with Crippen molar-refractivity contribution in [1.29, 1.82) is 0 Å². The number of nitrogens with one attached hydrogen (secondary N) is 1. The zero-order chi connectivity index (χ0) is 31.5. The monoisotopic (exact) mass is 651 g/mol. The van der Waals surface area contributed by atoms with E-state index in [2.05, 4.69) is 4.72 Å². The molecule has 0 aliphatic carbocycles. The van der Waals surface area contributed by atoms with Crippen molar-refractivity contribution in [3.05, 3.63) is 77.3 Å². The van der Waals surface area contributed by atoms with Gasteiger partial charge in [-0.15, -0.1) is 0 Å². The van der Waals surface area contributed by atoms with Crippen molar-refractivity contribution in [3.63, 3.8) is 0 Å². The maximum absolute atomic E-state index is 13.7. The first-order chi connectivity index (χ1) is 20.3. The highest BCUT2D eigenvalue weighted by molar-refractivity contribution is 7.92. The molecule has 11 nitrogen and oxygen atoms in total. The SMILES string of the molecule is COc1ccc(S(=O)(=O)Nc2ccc3c(c2)C(=O)N([C@@H](C)CO)C[C@@H](C)[C@@H](CN(C)S(=O)(=O)c2ccc(Cl)cc2)O3)cc1. The number of halogens is 1. The molecule has 0 fully saturated rings. The Balaban J connectivity index is 1.67. The number of sulfonamides is 2. The number of carbonyl (C=O) groups is 1. The Bertz CT molecular complexity index is 1670. The number of likely N-dealkylation sites (N-methyl/N-ethyl adjacent to an activating group) is 1. The van der Waals surface area contributed by atoms with Crippen LogP contribution in [0.5, 0.6) is 11.5 Å². The first-order valence-electron chi connectivity index (χ1n) is 13.4. The number of methoxy groups -OCH3 is 1. The van der Waals surface area contributed by atoms with Crippen molar-refractivity contribution in [2.45, 2.75) is 35.8 Å². The van der Waals surface area contributed by atoms with E-state index in [0.29, 0.717) is 10.8 Å². The highest BCUT2D eigenvalue weighted by Crippen LogP contribution is 2.32. The summed E-state index contributed by atoms with van der Waals surface area (Å²) in [6.07, 6.45) is -0.700. The molecule has 3 atom stereocenters. The van der Waals surface area contributed by atoms with Crippen molar-refractivity contribution in [2.24, 2.45) is 5.92 Å². The maximum atomic E-state index is 13.7. The molecule has 0 unspecified atom stereocenters. The van der Waals surface area contributed by atoms with Gasteiger partial charge >= 0.3 is 0 Å². The maximum Gasteiger partial charge on any atom is 0.261 e. The zero-order valence-electron chi connectivity index (χ0n) is 24.1. The number of aliphatic hydroxyl groups is 1. The molecule has 43 heavy (non-hydrogen) atoms. The number of nitrogens with zero attached hydrogens (tertiary/aromatic N) is 2. The summed E-state index contributed by atoms with van der Waals surface area (Å²) in [5.74, 6) is -0.158. The Morgan fingerprint density at radius 3 is 2.30 bits per heavy atom. The Morgan fingerprint density at radius 2 is 1.70 bits per heavy atom. The van der Waals surface area contributed by atoms with E-state index in [4.69, 9.17) is 21.1 Å². The van der Waals surface area contributed by atoms with Gasteiger partial charge in [0.25, 0.3) is 15.9 Å². The second-order valence-electron chi connectivity index (χ2n) is 10.4. The lowest BCUT2D eigenvalue weighted by Gasteiger charge is -2.38. The molecule has 1 heterocycles. The van der Waals surface area contributed by atoms with Crippen LogP contribution in [0.4, 0.5) is 5.69 Å². The van der Waals surface area contributed by atoms with Gasteiger partial charge in [-0.1, -0.05) is 18.5 Å². The summed E-state index contributed by atoms with van der Waals surface area (Å²) in [7, 11) is -4.98. The molecule has 1 aliphatic heterocycles. The molecule has 4 rings (SSSR count). The van der Waals surface area contributed by atoms with Gasteiger partial charge in [-0.25, -0.2) is 16.8 Å². The number of benzene rings is 3. The van der Waals surface area contributed by atoms with Crippen LogP contribution < -0.4 is 14.2 Å². The number of ether oxygens (including phenoxy) is 2. The first kappa shape index (κ1) is 32.6. The van der Waals surface area contributed by atoms with Crippen LogP contribution in [0.2, 0.25) is 5.02 Å². The van der Waals surface area contributed by atoms with Crippen LogP contribution in [0.1, 0.15) is 24.2 Å². The van der Waals surface area contributed by atoms with Gasteiger partial charge in [-0.3, -0.25) is 9.52 Å². The van der Waals surface area contributed by atoms with Gasteiger partial charge in [0.2, 0.25) is 10.0 Å². The van der Waals surface area contributed by atoms with Gasteiger partial charge in [0.15, 0.2) is 0 Å². The van der Waals surface area contributed by atoms with Gasteiger partial charge < -0.3 is 19.5 Å². The number of aliphatic hydroxyl groups excluding tert-OH is 1. The van der Waals surface area contributed by atoms with Crippen molar-refractivity contribution < 1.29 is 36.2 Å². The van der Waals surface area contributed by atoms with E-state index in [-0.39, 0.29) is 52.4 Å². The molecule has 0 bridgehead atoms. The van der Waals surface area contributed by atoms with Crippen molar-refractivity contribution in [3.8, 4) is 11.5 Å². The quantitative estimate of drug-likeness (QED) is 0.338. The number of anilines is 1. The highest BCUT2D eigenvalue weighted by Gasteiger charge is 2.35. The molecule has 2 N–H and O–H groups in total. The van der Waals surface area contributed by atoms with E-state index in [1.807, 2.05) is 6.92 Å². The zero-order valence-corrected chi connectivity index (χ0v) is 26.5. The summed E-state index contributed by atoms with van der Waals surface area (Å²) in [5.41, 5.74) is 0.186. The van der Waals surface area contributed by atoms with E-state index in [1.165, 1.54) is 90.1 Å². The minimum Gasteiger partial charge on any atom is -0.497 e. The van der Waals surface area contributed by atoms with Crippen LogP contribution >= 0.6 is 11.6 Å². The molecule has 0 radical (unpaired) electrons. The Morgan fingerprint density at radius 1 is 1.07 bits per heavy atom. The number of rotatable bonds is 10. The molecule has 0 saturated heterocycles. The Hall–Kier alpha value is -3.36. The summed E-state index contributed by atoms with van der Waals surface area (Å²) >= 11 is 5.93. The summed E-state index contributed by atoms with van der Waals surface area (Å²) < 4.78 is 67.7. The summed E-state index contributed by atoms with van der Waals surface area (Å²) in [6.45, 7) is 3.32. The van der Waals surface area contributed by atoms with E-state index in [9.17, 15) is 26.7 Å². The number of amides is 1. The average molecular weight is 652 g/mol. The fraction of sp³-hybridized carbons (Fsp3) is 0.345. The molecule has 14 heteroatoms. The summed E-state index contributed by atoms with van der Waals surface area (Å²) in [6, 6.07) is 15.4. The number of carbonyl (C=O) groups excluding carboxylic acids is 1. The second-order valence-corrected chi connectivity index (χ2v) is 14.5. The van der Waals surface area contributed by atoms with Crippen LogP contribution in [-0.4, -0.2) is 83.1 Å². The lowest BCUT2D eigenvalue weighted by atomic mass is 9.99. The first-order valence-corrected chi connectivity index (χ1v) is 16.7. The second kappa shape index (κ2) is 13.1. The molecule has 3 aromatic carbocycles. The molecule has 0 saturated carbocycles. The fourth-order valence-electron chi connectivity index (χ4n) is 4.61. The van der Waals surface area contributed by atoms with E-state index < -0.39 is 38.1 Å². The van der Waals surface area contributed by atoms with E-state index in [1.54, 1.807) is 6.92 Å². The molecular formula is C29H34ClN3O8S2. The molecular weight excluding hydrogens is 618 g/mol. The molecule has 3 aromatic rings. The van der Waals surface area contributed by atoms with Crippen LogP contribution in [0.25, 0.3) is 0 Å². The van der Waals surface area contributed by atoms with Crippen molar-refractivity contribution >= 4 is 43.2 Å². The van der Waals surface area contributed by atoms with Gasteiger partial charge in [-0.2, -0.15) is 4.31 Å². The molecule has 0 aromatic heterocycles. The number of fused-ring (bicyclic) bond motifs is 1. The summed E-state index contributed by atoms with van der Waals surface area (Å²) in [5, 5.41) is 10.3. The van der Waals surface area contributed by atoms with E-state index in [0.717, 1.165) is 0 Å². The minimum atomic E-state index is -4.01. The third-order valence-corrected chi connectivity index (χ3v) is 10.7. The normalized spacial score (nSPS) is 18.3. The minimum absolute atomic E-state index is 0.00280. The molecule has 232 valence electrons. The van der Waals surface area contributed by atoms with Gasteiger partial charge in [0.05, 0.1) is 41.7 Å². The lowest BCUT2D eigenvalue weighted by molar-refractivity contribution is 0.0387. The number of hydrogen-bond donors (Lipinski definition) is 2. The predicted molar refractivity (Wildman–Crippen MR) is 163 cm³/mol. The molecule has 0 spiro atoms. The standard InChI is InChI=1S/C29H34ClN3O8S2/c1-19-16-33(20(2)18-34)29(35)26-15-22(31-42(36,37)24-12-8-23(40-4)9-13-24)7-14-27(26)41-28(19)17-32(3)43(38,39)25-10-5-21(30)6-11-25/h5-15,19-20,28,31,34H,16-18H2,1-4H3/t19-,20+,28-/m1/s1. The smallest absolute Gasteiger partial charge is 0.261 e. The van der Waals surface area contributed by atoms with Crippen LogP contribution in [0.15, 0.2) is 76.5 Å². The predicted octanol–water partition coefficient (Wildman–Crippen LogP) is 3.69. The third kappa shape index (κ3) is 7.24. The van der Waals surface area contributed by atoms with Crippen molar-refractivity contribution in [2.75, 3.05) is 38.6 Å². The lowest BCUT2D eigenvalue weighted by Crippen LogP contribution is -2.50. The third-order valence-electron chi connectivity index (χ3n) is 7.25. The fourth-order valence-corrected chi connectivity index (χ4v) is 6.97. The largest absolute Gasteiger partial charge is 0.497 e. The van der Waals surface area contributed by atoms with Gasteiger partial charge in [0.1, 0.15) is 17.6 Å². The van der Waals surface area contributed by atoms with Gasteiger partial charge in [0, 0.05) is 30.2 Å². The van der Waals surface area contributed by atoms with E-state index >= 15 is 0 Å².